The van der Waals surface area contributed by atoms with E-state index in [1.165, 1.54) is 7.11 Å². The zero-order chi connectivity index (χ0) is 21.4. The molecular weight excluding hydrogens is 376 g/mol. The first-order valence-corrected chi connectivity index (χ1v) is 8.64. The highest BCUT2D eigenvalue weighted by atomic mass is 16.7. The lowest BCUT2D eigenvalue weighted by Gasteiger charge is -2.32. The van der Waals surface area contributed by atoms with Crippen LogP contribution >= 0.6 is 0 Å². The van der Waals surface area contributed by atoms with Gasteiger partial charge in [0.1, 0.15) is 30.3 Å². The number of fused-ring (bicyclic) bond motifs is 1. The molecule has 0 spiro atoms. The summed E-state index contributed by atoms with van der Waals surface area (Å²) >= 11 is 0. The molecule has 2 aliphatic rings. The Bertz CT molecular complexity index is 691. The zero-order valence-electron chi connectivity index (χ0n) is 16.7. The molecule has 10 nitrogen and oxygen atoms in total. The second-order valence-electron chi connectivity index (χ2n) is 7.74. The first-order chi connectivity index (χ1) is 12.9. The number of aliphatic hydroxyl groups is 2. The number of carbonyl (C=O) groups excluding carboxylic acids is 3. The van der Waals surface area contributed by atoms with Gasteiger partial charge < -0.3 is 33.9 Å². The first-order valence-electron chi connectivity index (χ1n) is 8.64. The number of rotatable bonds is 5. The van der Waals surface area contributed by atoms with E-state index in [2.05, 4.69) is 0 Å². The Kier molecular flexibility index (Phi) is 6.19. The van der Waals surface area contributed by atoms with Gasteiger partial charge in [-0.15, -0.1) is 0 Å². The van der Waals surface area contributed by atoms with Gasteiger partial charge in [-0.1, -0.05) is 0 Å². The first kappa shape index (κ1) is 22.3. The third-order valence-corrected chi connectivity index (χ3v) is 4.81. The van der Waals surface area contributed by atoms with E-state index in [4.69, 9.17) is 23.7 Å². The average Bonchev–Trinajstić information content (AvgIpc) is 3.00. The fraction of sp³-hybridized carbons (Fsp3) is 0.722. The van der Waals surface area contributed by atoms with Gasteiger partial charge >= 0.3 is 17.9 Å². The Morgan fingerprint density at radius 1 is 1.18 bits per heavy atom. The lowest BCUT2D eigenvalue weighted by atomic mass is 9.76. The molecular formula is C18H26O10. The predicted octanol–water partition coefficient (Wildman–Crippen LogP) is -0.341. The number of methoxy groups -OCH3 is 2. The van der Waals surface area contributed by atoms with E-state index in [-0.39, 0.29) is 11.3 Å². The number of hydrogen-bond acceptors (Lipinski definition) is 10. The molecule has 28 heavy (non-hydrogen) atoms. The van der Waals surface area contributed by atoms with Gasteiger partial charge in [-0.3, -0.25) is 9.59 Å². The van der Waals surface area contributed by atoms with Crippen LogP contribution in [0.4, 0.5) is 0 Å². The molecule has 0 radical (unpaired) electrons. The monoisotopic (exact) mass is 402 g/mol. The number of hydrogen-bond donors (Lipinski definition) is 2. The highest BCUT2D eigenvalue weighted by Gasteiger charge is 2.69. The van der Waals surface area contributed by atoms with E-state index < -0.39 is 59.9 Å². The molecule has 10 heteroatoms. The van der Waals surface area contributed by atoms with Crippen LogP contribution in [0.5, 0.6) is 0 Å². The van der Waals surface area contributed by atoms with Crippen molar-refractivity contribution in [2.45, 2.75) is 52.3 Å². The van der Waals surface area contributed by atoms with E-state index in [1.807, 2.05) is 0 Å². The van der Waals surface area contributed by atoms with E-state index in [0.717, 1.165) is 14.0 Å². The SMILES string of the molecule is COC(=O)C1=C(OC(=O)C(C)(C)C)[C@H](OC)[C@H]2OC(O)[C@H](O)[C@@]12COC(C)=O. The molecule has 2 rings (SSSR count). The van der Waals surface area contributed by atoms with Crippen molar-refractivity contribution in [3.05, 3.63) is 11.3 Å². The molecule has 1 fully saturated rings. The van der Waals surface area contributed by atoms with Crippen LogP contribution in [-0.4, -0.2) is 73.5 Å². The molecule has 1 aliphatic heterocycles. The molecule has 1 unspecified atom stereocenters. The largest absolute Gasteiger partial charge is 0.466 e. The number of carbonyl (C=O) groups is 3. The fourth-order valence-electron chi connectivity index (χ4n) is 3.36. The molecule has 1 saturated heterocycles. The summed E-state index contributed by atoms with van der Waals surface area (Å²) in [6.45, 7) is 5.49. The molecule has 2 N–H and O–H groups in total. The normalized spacial score (nSPS) is 32.1. The molecule has 0 amide bonds. The van der Waals surface area contributed by atoms with Gasteiger partial charge in [0.25, 0.3) is 0 Å². The maximum atomic E-state index is 12.6. The van der Waals surface area contributed by atoms with Crippen LogP contribution < -0.4 is 0 Å². The van der Waals surface area contributed by atoms with Gasteiger partial charge in [0.05, 0.1) is 18.1 Å². The van der Waals surface area contributed by atoms with Crippen LogP contribution in [0.1, 0.15) is 27.7 Å². The van der Waals surface area contributed by atoms with Crippen LogP contribution in [0.2, 0.25) is 0 Å². The molecule has 0 aromatic rings. The van der Waals surface area contributed by atoms with E-state index in [1.54, 1.807) is 20.8 Å². The molecule has 1 heterocycles. The summed E-state index contributed by atoms with van der Waals surface area (Å²) in [7, 11) is 2.39. The molecule has 0 aromatic heterocycles. The third-order valence-electron chi connectivity index (χ3n) is 4.81. The molecule has 158 valence electrons. The van der Waals surface area contributed by atoms with Crippen molar-refractivity contribution in [1.82, 2.24) is 0 Å². The Morgan fingerprint density at radius 3 is 2.25 bits per heavy atom. The van der Waals surface area contributed by atoms with E-state index in [0.29, 0.717) is 0 Å². The van der Waals surface area contributed by atoms with E-state index >= 15 is 0 Å². The highest BCUT2D eigenvalue weighted by Crippen LogP contribution is 2.54. The summed E-state index contributed by atoms with van der Waals surface area (Å²) in [5.74, 6) is -2.49. The second kappa shape index (κ2) is 7.78. The van der Waals surface area contributed by atoms with Crippen LogP contribution in [0, 0.1) is 10.8 Å². The van der Waals surface area contributed by atoms with Crippen molar-refractivity contribution >= 4 is 17.9 Å². The van der Waals surface area contributed by atoms with Gasteiger partial charge in [0.2, 0.25) is 0 Å². The lowest BCUT2D eigenvalue weighted by molar-refractivity contribution is -0.159. The average molecular weight is 402 g/mol. The lowest BCUT2D eigenvalue weighted by Crippen LogP contribution is -2.48. The van der Waals surface area contributed by atoms with Crippen molar-refractivity contribution < 1.29 is 48.3 Å². The minimum absolute atomic E-state index is 0.211. The van der Waals surface area contributed by atoms with Crippen molar-refractivity contribution in [1.29, 1.82) is 0 Å². The van der Waals surface area contributed by atoms with Crippen LogP contribution in [-0.2, 0) is 38.1 Å². The van der Waals surface area contributed by atoms with Crippen LogP contribution in [0.15, 0.2) is 11.3 Å². The predicted molar refractivity (Wildman–Crippen MR) is 91.3 cm³/mol. The summed E-state index contributed by atoms with van der Waals surface area (Å²) in [5, 5.41) is 20.7. The minimum Gasteiger partial charge on any atom is -0.466 e. The molecule has 0 aromatic carbocycles. The highest BCUT2D eigenvalue weighted by molar-refractivity contribution is 5.93. The van der Waals surface area contributed by atoms with Gasteiger partial charge in [-0.25, -0.2) is 4.79 Å². The van der Waals surface area contributed by atoms with Crippen LogP contribution in [0.25, 0.3) is 0 Å². The Morgan fingerprint density at radius 2 is 1.79 bits per heavy atom. The van der Waals surface area contributed by atoms with Crippen molar-refractivity contribution in [3.63, 3.8) is 0 Å². The van der Waals surface area contributed by atoms with Crippen molar-refractivity contribution in [3.8, 4) is 0 Å². The summed E-state index contributed by atoms with van der Waals surface area (Å²) in [6.07, 6.45) is -5.66. The summed E-state index contributed by atoms with van der Waals surface area (Å²) in [6, 6.07) is 0. The molecule has 0 bridgehead atoms. The molecule has 1 aliphatic carbocycles. The third kappa shape index (κ3) is 3.52. The van der Waals surface area contributed by atoms with Gasteiger partial charge in [0.15, 0.2) is 12.0 Å². The van der Waals surface area contributed by atoms with Gasteiger partial charge in [0, 0.05) is 14.0 Å². The molecule has 0 saturated carbocycles. The topological polar surface area (TPSA) is 138 Å². The zero-order valence-corrected chi connectivity index (χ0v) is 16.7. The summed E-state index contributed by atoms with van der Waals surface area (Å²) in [5.41, 5.74) is -2.94. The second-order valence-corrected chi connectivity index (χ2v) is 7.74. The Hall–Kier alpha value is -2.01. The maximum absolute atomic E-state index is 12.6. The number of aliphatic hydroxyl groups excluding tert-OH is 2. The summed E-state index contributed by atoms with van der Waals surface area (Å²) < 4.78 is 26.1. The quantitative estimate of drug-likeness (QED) is 0.464. The van der Waals surface area contributed by atoms with Crippen LogP contribution in [0.3, 0.4) is 0 Å². The minimum atomic E-state index is -1.74. The Labute approximate surface area is 162 Å². The summed E-state index contributed by atoms with van der Waals surface area (Å²) in [4.78, 5) is 36.5. The standard InChI is InChI=1S/C18H26O10/c1-8(19)26-7-18-9(14(21)25-6)10(27-16(23)17(2,3)4)11(24-5)13(18)28-15(22)12(18)20/h11-13,15,20,22H,7H2,1-6H3/t11-,12-,13+,15?,18+/m0/s1. The van der Waals surface area contributed by atoms with E-state index in [9.17, 15) is 24.6 Å². The smallest absolute Gasteiger partial charge is 0.338 e. The van der Waals surface area contributed by atoms with Gasteiger partial charge in [-0.05, 0) is 20.8 Å². The fourth-order valence-corrected chi connectivity index (χ4v) is 3.36. The molecule has 5 atom stereocenters. The van der Waals surface area contributed by atoms with Crippen molar-refractivity contribution in [2.24, 2.45) is 10.8 Å². The van der Waals surface area contributed by atoms with Crippen molar-refractivity contribution in [2.75, 3.05) is 20.8 Å². The number of esters is 3. The number of ether oxygens (including phenoxy) is 5. The van der Waals surface area contributed by atoms with Gasteiger partial charge in [-0.2, -0.15) is 0 Å². The maximum Gasteiger partial charge on any atom is 0.338 e. The Balaban J connectivity index is 2.67.